The second kappa shape index (κ2) is 7.51. The number of aromatic nitrogens is 2. The predicted octanol–water partition coefficient (Wildman–Crippen LogP) is 1.87. The van der Waals surface area contributed by atoms with E-state index in [1.165, 1.54) is 21.7 Å². The first-order valence-electron chi connectivity index (χ1n) is 8.75. The highest BCUT2D eigenvalue weighted by Crippen LogP contribution is 2.15. The molecule has 1 amide bonds. The van der Waals surface area contributed by atoms with Crippen LogP contribution in [0.1, 0.15) is 15.9 Å². The van der Waals surface area contributed by atoms with Gasteiger partial charge in [-0.3, -0.25) is 9.20 Å². The van der Waals surface area contributed by atoms with E-state index in [9.17, 15) is 14.4 Å². The maximum Gasteiger partial charge on any atom is 0.410 e. The lowest BCUT2D eigenvalue weighted by Crippen LogP contribution is -2.55. The summed E-state index contributed by atoms with van der Waals surface area (Å²) >= 11 is 0. The summed E-state index contributed by atoms with van der Waals surface area (Å²) in [5.41, 5.74) is 0.700. The maximum absolute atomic E-state index is 12.4. The summed E-state index contributed by atoms with van der Waals surface area (Å²) in [4.78, 5) is 42.2. The molecule has 1 fully saturated rings. The van der Waals surface area contributed by atoms with Gasteiger partial charge in [-0.15, -0.1) is 0 Å². The van der Waals surface area contributed by atoms with Crippen molar-refractivity contribution in [2.24, 2.45) is 0 Å². The van der Waals surface area contributed by atoms with Crippen molar-refractivity contribution in [3.63, 3.8) is 0 Å². The molecule has 1 saturated heterocycles. The molecule has 1 aromatic carbocycles. The van der Waals surface area contributed by atoms with Gasteiger partial charge in [0.15, 0.2) is 0 Å². The zero-order chi connectivity index (χ0) is 19.5. The second-order valence-corrected chi connectivity index (χ2v) is 6.38. The topological polar surface area (TPSA) is 90.2 Å². The van der Waals surface area contributed by atoms with Crippen LogP contribution in [0.3, 0.4) is 0 Å². The Balaban J connectivity index is 1.31. The SMILES string of the molecule is O=C(OC1CN(C(=O)OCc2ccccc2)C1)c1cnc2ccccn2c1=O. The third-order valence-electron chi connectivity index (χ3n) is 4.42. The van der Waals surface area contributed by atoms with Crippen molar-refractivity contribution in [1.82, 2.24) is 14.3 Å². The van der Waals surface area contributed by atoms with Gasteiger partial charge in [0.25, 0.3) is 5.56 Å². The number of amides is 1. The van der Waals surface area contributed by atoms with Gasteiger partial charge in [-0.05, 0) is 17.7 Å². The van der Waals surface area contributed by atoms with E-state index in [0.29, 0.717) is 5.65 Å². The number of nitrogens with zero attached hydrogens (tertiary/aromatic N) is 3. The predicted molar refractivity (Wildman–Crippen MR) is 98.9 cm³/mol. The number of carbonyl (C=O) groups excluding carboxylic acids is 2. The van der Waals surface area contributed by atoms with Crippen molar-refractivity contribution >= 4 is 17.7 Å². The Morgan fingerprint density at radius 2 is 1.82 bits per heavy atom. The van der Waals surface area contributed by atoms with E-state index in [-0.39, 0.29) is 25.3 Å². The number of hydrogen-bond donors (Lipinski definition) is 0. The Morgan fingerprint density at radius 1 is 1.07 bits per heavy atom. The Labute approximate surface area is 159 Å². The molecule has 0 bridgehead atoms. The largest absolute Gasteiger partial charge is 0.455 e. The van der Waals surface area contributed by atoms with Gasteiger partial charge in [0, 0.05) is 12.4 Å². The van der Waals surface area contributed by atoms with Crippen molar-refractivity contribution in [2.75, 3.05) is 13.1 Å². The molecule has 8 nitrogen and oxygen atoms in total. The fourth-order valence-electron chi connectivity index (χ4n) is 2.85. The number of esters is 1. The molecule has 28 heavy (non-hydrogen) atoms. The lowest BCUT2D eigenvalue weighted by Gasteiger charge is -2.37. The molecule has 0 atom stereocenters. The first-order valence-corrected chi connectivity index (χ1v) is 8.75. The van der Waals surface area contributed by atoms with Crippen molar-refractivity contribution in [3.05, 3.63) is 82.4 Å². The van der Waals surface area contributed by atoms with Gasteiger partial charge in [0.05, 0.1) is 13.1 Å². The van der Waals surface area contributed by atoms with Crippen LogP contribution in [0.5, 0.6) is 0 Å². The number of pyridine rings is 1. The van der Waals surface area contributed by atoms with Gasteiger partial charge in [-0.25, -0.2) is 14.6 Å². The lowest BCUT2D eigenvalue weighted by molar-refractivity contribution is -0.0306. The molecule has 3 aromatic rings. The Hall–Kier alpha value is -3.68. The van der Waals surface area contributed by atoms with E-state index in [0.717, 1.165) is 5.56 Å². The van der Waals surface area contributed by atoms with Gasteiger partial charge >= 0.3 is 12.1 Å². The third-order valence-corrected chi connectivity index (χ3v) is 4.42. The molecule has 0 spiro atoms. The normalized spacial score (nSPS) is 13.8. The number of fused-ring (bicyclic) bond motifs is 1. The van der Waals surface area contributed by atoms with E-state index in [4.69, 9.17) is 9.47 Å². The highest BCUT2D eigenvalue weighted by Gasteiger charge is 2.35. The van der Waals surface area contributed by atoms with Crippen LogP contribution in [0.15, 0.2) is 65.7 Å². The van der Waals surface area contributed by atoms with Crippen LogP contribution >= 0.6 is 0 Å². The van der Waals surface area contributed by atoms with E-state index >= 15 is 0 Å². The summed E-state index contributed by atoms with van der Waals surface area (Å²) in [7, 11) is 0. The molecule has 0 aliphatic carbocycles. The molecule has 4 rings (SSSR count). The number of carbonyl (C=O) groups is 2. The van der Waals surface area contributed by atoms with Gasteiger partial charge in [-0.1, -0.05) is 36.4 Å². The minimum atomic E-state index is -0.752. The molecule has 0 radical (unpaired) electrons. The van der Waals surface area contributed by atoms with Crippen LogP contribution in [0.4, 0.5) is 4.79 Å². The molecule has 142 valence electrons. The highest BCUT2D eigenvalue weighted by atomic mass is 16.6. The Morgan fingerprint density at radius 3 is 2.61 bits per heavy atom. The fourth-order valence-corrected chi connectivity index (χ4v) is 2.85. The number of ether oxygens (including phenoxy) is 2. The summed E-state index contributed by atoms with van der Waals surface area (Å²) in [6.07, 6.45) is 1.80. The molecular weight excluding hydrogens is 362 g/mol. The fraction of sp³-hybridized carbons (Fsp3) is 0.200. The summed E-state index contributed by atoms with van der Waals surface area (Å²) in [5.74, 6) is -0.752. The Bertz CT molecular complexity index is 1070. The molecule has 1 aliphatic rings. The second-order valence-electron chi connectivity index (χ2n) is 6.38. The number of likely N-dealkylation sites (tertiary alicyclic amines) is 1. The van der Waals surface area contributed by atoms with Gasteiger partial charge in [0.1, 0.15) is 23.9 Å². The van der Waals surface area contributed by atoms with Crippen LogP contribution in [-0.2, 0) is 16.1 Å². The third kappa shape index (κ3) is 3.57. The van der Waals surface area contributed by atoms with E-state index in [1.54, 1.807) is 18.2 Å². The molecule has 0 saturated carbocycles. The zero-order valence-electron chi connectivity index (χ0n) is 14.9. The monoisotopic (exact) mass is 379 g/mol. The average Bonchev–Trinajstić information content (AvgIpc) is 2.69. The molecule has 0 N–H and O–H groups in total. The summed E-state index contributed by atoms with van der Waals surface area (Å²) in [5, 5.41) is 0. The highest BCUT2D eigenvalue weighted by molar-refractivity contribution is 5.89. The number of rotatable bonds is 4. The minimum absolute atomic E-state index is 0.145. The number of hydrogen-bond acceptors (Lipinski definition) is 6. The maximum atomic E-state index is 12.4. The van der Waals surface area contributed by atoms with Crippen LogP contribution in [-0.4, -0.2) is 45.5 Å². The Kier molecular flexibility index (Phi) is 4.76. The summed E-state index contributed by atoms with van der Waals surface area (Å²) in [6, 6.07) is 14.4. The smallest absolute Gasteiger partial charge is 0.410 e. The van der Waals surface area contributed by atoms with Crippen LogP contribution in [0, 0.1) is 0 Å². The summed E-state index contributed by atoms with van der Waals surface area (Å²) < 4.78 is 11.8. The van der Waals surface area contributed by atoms with Crippen molar-refractivity contribution in [3.8, 4) is 0 Å². The van der Waals surface area contributed by atoms with E-state index in [2.05, 4.69) is 4.98 Å². The lowest BCUT2D eigenvalue weighted by atomic mass is 10.2. The standard InChI is InChI=1S/C20H17N3O5/c24-18-16(10-21-17-8-4-5-9-23(17)18)19(25)28-15-11-22(12-15)20(26)27-13-14-6-2-1-3-7-14/h1-10,15H,11-13H2. The molecule has 2 aromatic heterocycles. The molecule has 3 heterocycles. The summed E-state index contributed by atoms with van der Waals surface area (Å²) in [6.45, 7) is 0.629. The molecule has 8 heteroatoms. The zero-order valence-corrected chi connectivity index (χ0v) is 14.9. The van der Waals surface area contributed by atoms with Crippen LogP contribution in [0.25, 0.3) is 5.65 Å². The quantitative estimate of drug-likeness (QED) is 0.643. The van der Waals surface area contributed by atoms with Gasteiger partial charge in [-0.2, -0.15) is 0 Å². The van der Waals surface area contributed by atoms with Crippen molar-refractivity contribution in [2.45, 2.75) is 12.7 Å². The van der Waals surface area contributed by atoms with Crippen LogP contribution in [0.2, 0.25) is 0 Å². The van der Waals surface area contributed by atoms with E-state index < -0.39 is 23.7 Å². The molecule has 0 unspecified atom stereocenters. The first-order chi connectivity index (χ1) is 13.6. The average molecular weight is 379 g/mol. The van der Waals surface area contributed by atoms with Crippen LogP contribution < -0.4 is 5.56 Å². The van der Waals surface area contributed by atoms with Gasteiger partial charge < -0.3 is 14.4 Å². The number of benzene rings is 1. The minimum Gasteiger partial charge on any atom is -0.455 e. The van der Waals surface area contributed by atoms with E-state index in [1.807, 2.05) is 30.3 Å². The van der Waals surface area contributed by atoms with Gasteiger partial charge in [0.2, 0.25) is 0 Å². The molecule has 1 aliphatic heterocycles. The molecular formula is C20H17N3O5. The first kappa shape index (κ1) is 17.7. The van der Waals surface area contributed by atoms with Crippen molar-refractivity contribution in [1.29, 1.82) is 0 Å². The van der Waals surface area contributed by atoms with Crippen molar-refractivity contribution < 1.29 is 19.1 Å².